The number of carbonyl (C=O) groups is 2. The van der Waals surface area contributed by atoms with Gasteiger partial charge in [-0.3, -0.25) is 9.69 Å². The average Bonchev–Trinajstić information content (AvgIpc) is 2.76. The summed E-state index contributed by atoms with van der Waals surface area (Å²) in [5.74, 6) is -0.871. The molecule has 0 aromatic carbocycles. The third-order valence-electron chi connectivity index (χ3n) is 3.09. The van der Waals surface area contributed by atoms with E-state index in [0.717, 1.165) is 5.56 Å². The first-order chi connectivity index (χ1) is 9.76. The Labute approximate surface area is 127 Å². The quantitative estimate of drug-likeness (QED) is 0.890. The number of rotatable bonds is 4. The topological polar surface area (TPSA) is 78.9 Å². The first-order valence-corrected chi connectivity index (χ1v) is 7.69. The Morgan fingerprint density at radius 1 is 1.48 bits per heavy atom. The minimum atomic E-state index is -0.871. The van der Waals surface area contributed by atoms with Crippen molar-refractivity contribution in [2.75, 3.05) is 13.1 Å². The summed E-state index contributed by atoms with van der Waals surface area (Å²) in [6.07, 6.45) is -0.463. The third kappa shape index (κ3) is 4.18. The molecule has 1 amide bonds. The molecule has 0 aliphatic carbocycles. The number of thiophene rings is 1. The molecule has 116 valence electrons. The molecule has 1 aliphatic heterocycles. The molecule has 6 nitrogen and oxygen atoms in total. The number of likely N-dealkylation sites (tertiary alicyclic amines) is 1. The van der Waals surface area contributed by atoms with Crippen molar-refractivity contribution >= 4 is 23.4 Å². The fourth-order valence-electron chi connectivity index (χ4n) is 2.23. The van der Waals surface area contributed by atoms with Gasteiger partial charge in [0.25, 0.3) is 0 Å². The predicted octanol–water partition coefficient (Wildman–Crippen LogP) is 2.08. The maximum absolute atomic E-state index is 11.6. The molecule has 0 saturated carbocycles. The van der Waals surface area contributed by atoms with E-state index in [1.807, 2.05) is 21.7 Å². The van der Waals surface area contributed by atoms with E-state index in [4.69, 9.17) is 4.74 Å². The summed E-state index contributed by atoms with van der Waals surface area (Å²) >= 11 is 1.48. The van der Waals surface area contributed by atoms with Crippen molar-refractivity contribution < 1.29 is 19.4 Å². The van der Waals surface area contributed by atoms with E-state index in [1.165, 1.54) is 11.3 Å². The molecule has 2 heterocycles. The summed E-state index contributed by atoms with van der Waals surface area (Å²) in [6.45, 7) is 6.42. The third-order valence-corrected chi connectivity index (χ3v) is 3.79. The van der Waals surface area contributed by atoms with Gasteiger partial charge in [0.05, 0.1) is 6.04 Å². The van der Waals surface area contributed by atoms with Gasteiger partial charge in [-0.1, -0.05) is 0 Å². The zero-order chi connectivity index (χ0) is 15.6. The number of nitrogens with one attached hydrogen (secondary N) is 1. The van der Waals surface area contributed by atoms with Crippen molar-refractivity contribution in [3.8, 4) is 0 Å². The van der Waals surface area contributed by atoms with Gasteiger partial charge in [0.15, 0.2) is 0 Å². The second-order valence-electron chi connectivity index (χ2n) is 6.09. The normalized spacial score (nSPS) is 17.9. The van der Waals surface area contributed by atoms with Gasteiger partial charge in [0, 0.05) is 13.1 Å². The molecule has 0 radical (unpaired) electrons. The van der Waals surface area contributed by atoms with Crippen LogP contribution in [-0.4, -0.2) is 46.8 Å². The molecule has 1 unspecified atom stereocenters. The van der Waals surface area contributed by atoms with Crippen molar-refractivity contribution in [1.82, 2.24) is 10.2 Å². The highest BCUT2D eigenvalue weighted by molar-refractivity contribution is 7.08. The van der Waals surface area contributed by atoms with Crippen molar-refractivity contribution in [2.24, 2.45) is 0 Å². The molecule has 2 rings (SSSR count). The van der Waals surface area contributed by atoms with Crippen LogP contribution in [0.15, 0.2) is 16.8 Å². The van der Waals surface area contributed by atoms with Gasteiger partial charge in [0.1, 0.15) is 11.6 Å². The zero-order valence-corrected chi connectivity index (χ0v) is 13.1. The molecule has 2 N–H and O–H groups in total. The van der Waals surface area contributed by atoms with E-state index >= 15 is 0 Å². The molecule has 7 heteroatoms. The summed E-state index contributed by atoms with van der Waals surface area (Å²) in [5, 5.41) is 15.8. The number of nitrogens with zero attached hydrogens (tertiary/aromatic N) is 1. The SMILES string of the molecule is CC(C)(C)OC(=O)NC1CN(C(C(=O)O)c2ccsc2)C1. The fourth-order valence-corrected chi connectivity index (χ4v) is 2.91. The van der Waals surface area contributed by atoms with Crippen LogP contribution in [0.3, 0.4) is 0 Å². The minimum absolute atomic E-state index is 0.0691. The number of carbonyl (C=O) groups excluding carboxylic acids is 1. The van der Waals surface area contributed by atoms with Gasteiger partial charge in [-0.05, 0) is 43.2 Å². The molecule has 0 bridgehead atoms. The Morgan fingerprint density at radius 2 is 2.14 bits per heavy atom. The van der Waals surface area contributed by atoms with Gasteiger partial charge < -0.3 is 15.2 Å². The second kappa shape index (κ2) is 6.03. The first kappa shape index (κ1) is 15.8. The average molecular weight is 312 g/mol. The van der Waals surface area contributed by atoms with E-state index in [0.29, 0.717) is 13.1 Å². The number of aliphatic carboxylic acids is 1. The second-order valence-corrected chi connectivity index (χ2v) is 6.87. The maximum Gasteiger partial charge on any atom is 0.407 e. The molecule has 1 aliphatic rings. The van der Waals surface area contributed by atoms with Crippen molar-refractivity contribution in [2.45, 2.75) is 38.5 Å². The van der Waals surface area contributed by atoms with Crippen LogP contribution in [0, 0.1) is 0 Å². The molecule has 1 atom stereocenters. The highest BCUT2D eigenvalue weighted by atomic mass is 32.1. The lowest BCUT2D eigenvalue weighted by Gasteiger charge is -2.42. The molecule has 1 aromatic heterocycles. The maximum atomic E-state index is 11.6. The molecular weight excluding hydrogens is 292 g/mol. The summed E-state index contributed by atoms with van der Waals surface area (Å²) in [5.41, 5.74) is 0.247. The van der Waals surface area contributed by atoms with Crippen molar-refractivity contribution in [3.63, 3.8) is 0 Å². The van der Waals surface area contributed by atoms with E-state index < -0.39 is 23.7 Å². The van der Waals surface area contributed by atoms with Crippen LogP contribution in [-0.2, 0) is 9.53 Å². The molecule has 1 aromatic rings. The first-order valence-electron chi connectivity index (χ1n) is 6.75. The summed E-state index contributed by atoms with van der Waals surface area (Å²) < 4.78 is 5.18. The van der Waals surface area contributed by atoms with E-state index in [-0.39, 0.29) is 6.04 Å². The van der Waals surface area contributed by atoms with Crippen molar-refractivity contribution in [1.29, 1.82) is 0 Å². The highest BCUT2D eigenvalue weighted by Gasteiger charge is 2.38. The monoisotopic (exact) mass is 312 g/mol. The van der Waals surface area contributed by atoms with Crippen LogP contribution in [0.2, 0.25) is 0 Å². The zero-order valence-electron chi connectivity index (χ0n) is 12.3. The van der Waals surface area contributed by atoms with Gasteiger partial charge in [-0.25, -0.2) is 4.79 Å². The van der Waals surface area contributed by atoms with Crippen LogP contribution in [0.4, 0.5) is 4.79 Å². The van der Waals surface area contributed by atoms with Crippen LogP contribution in [0.25, 0.3) is 0 Å². The Balaban J connectivity index is 1.85. The molecule has 0 spiro atoms. The van der Waals surface area contributed by atoms with Crippen LogP contribution < -0.4 is 5.32 Å². The molecule has 1 fully saturated rings. The van der Waals surface area contributed by atoms with Crippen LogP contribution in [0.1, 0.15) is 32.4 Å². The summed E-state index contributed by atoms with van der Waals surface area (Å²) in [6, 6.07) is 1.10. The number of carboxylic acids is 1. The van der Waals surface area contributed by atoms with E-state index in [2.05, 4.69) is 5.32 Å². The van der Waals surface area contributed by atoms with E-state index in [1.54, 1.807) is 20.8 Å². The predicted molar refractivity (Wildman–Crippen MR) is 79.4 cm³/mol. The van der Waals surface area contributed by atoms with Crippen LogP contribution in [0.5, 0.6) is 0 Å². The Bertz CT molecular complexity index is 504. The molecule has 21 heavy (non-hydrogen) atoms. The number of carboxylic acid groups (broad SMARTS) is 1. The lowest BCUT2D eigenvalue weighted by molar-refractivity contribution is -0.145. The number of hydrogen-bond acceptors (Lipinski definition) is 5. The minimum Gasteiger partial charge on any atom is -0.480 e. The molecular formula is C14H20N2O4S. The summed E-state index contributed by atoms with van der Waals surface area (Å²) in [4.78, 5) is 24.9. The Kier molecular flexibility index (Phi) is 4.53. The Morgan fingerprint density at radius 3 is 2.62 bits per heavy atom. The Hall–Kier alpha value is -1.60. The van der Waals surface area contributed by atoms with Gasteiger partial charge in [-0.2, -0.15) is 11.3 Å². The number of hydrogen-bond donors (Lipinski definition) is 2. The standard InChI is InChI=1S/C14H20N2O4S/c1-14(2,3)20-13(19)15-10-6-16(7-10)11(12(17)18)9-4-5-21-8-9/h4-5,8,10-11H,6-7H2,1-3H3,(H,15,19)(H,17,18). The van der Waals surface area contributed by atoms with Crippen molar-refractivity contribution in [3.05, 3.63) is 22.4 Å². The fraction of sp³-hybridized carbons (Fsp3) is 0.571. The lowest BCUT2D eigenvalue weighted by Crippen LogP contribution is -2.61. The molecule has 1 saturated heterocycles. The number of ether oxygens (including phenoxy) is 1. The van der Waals surface area contributed by atoms with Crippen LogP contribution >= 0.6 is 11.3 Å². The van der Waals surface area contributed by atoms with Gasteiger partial charge >= 0.3 is 12.1 Å². The smallest absolute Gasteiger partial charge is 0.407 e. The van der Waals surface area contributed by atoms with Gasteiger partial charge in [-0.15, -0.1) is 0 Å². The lowest BCUT2D eigenvalue weighted by atomic mass is 10.0. The number of alkyl carbamates (subject to hydrolysis) is 1. The highest BCUT2D eigenvalue weighted by Crippen LogP contribution is 2.27. The van der Waals surface area contributed by atoms with Gasteiger partial charge in [0.2, 0.25) is 0 Å². The number of amides is 1. The van der Waals surface area contributed by atoms with E-state index in [9.17, 15) is 14.7 Å². The summed E-state index contributed by atoms with van der Waals surface area (Å²) in [7, 11) is 0. The largest absolute Gasteiger partial charge is 0.480 e.